The van der Waals surface area contributed by atoms with Crippen molar-refractivity contribution in [2.75, 3.05) is 13.2 Å². The third-order valence-corrected chi connectivity index (χ3v) is 13.5. The van der Waals surface area contributed by atoms with E-state index in [9.17, 15) is 20.4 Å². The minimum Gasteiger partial charge on any atom is -0.396 e. The number of hydrogen-bond donors (Lipinski definition) is 4. The van der Waals surface area contributed by atoms with E-state index in [1.807, 2.05) is 6.92 Å². The molecule has 4 N–H and O–H groups in total. The largest absolute Gasteiger partial charge is 0.396 e. The second-order valence-electron chi connectivity index (χ2n) is 15.0. The highest BCUT2D eigenvalue weighted by Gasteiger charge is 2.68. The molecule has 0 amide bonds. The summed E-state index contributed by atoms with van der Waals surface area (Å²) in [5.41, 5.74) is 1.21. The highest BCUT2D eigenvalue weighted by Crippen LogP contribution is 2.75. The highest BCUT2D eigenvalue weighted by atomic mass is 16.3. The quantitative estimate of drug-likeness (QED) is 0.421. The van der Waals surface area contributed by atoms with E-state index in [1.54, 1.807) is 0 Å². The van der Waals surface area contributed by atoms with Gasteiger partial charge in [-0.15, -0.1) is 0 Å². The van der Waals surface area contributed by atoms with Gasteiger partial charge in [-0.25, -0.2) is 0 Å². The molecule has 0 aromatic carbocycles. The number of fused-ring (bicyclic) bond motifs is 7. The lowest BCUT2D eigenvalue weighted by atomic mass is 9.33. The number of aliphatic hydroxyl groups is 4. The van der Waals surface area contributed by atoms with Gasteiger partial charge in [0.25, 0.3) is 0 Å². The molecule has 34 heavy (non-hydrogen) atoms. The van der Waals surface area contributed by atoms with Gasteiger partial charge in [-0.3, -0.25) is 0 Å². The van der Waals surface area contributed by atoms with Crippen molar-refractivity contribution in [1.29, 1.82) is 0 Å². The standard InChI is InChI=1S/C30H50O4/c1-25(2)21-9-12-29(6)22(27(21,4)11-10-23(25)33)8-7-19-20-15-26(3,17-31)24(34)16-30(20,18-32)14-13-28(19,29)5/h7,20-24,31-34H,8-18H2,1-6H3. The van der Waals surface area contributed by atoms with Crippen molar-refractivity contribution < 1.29 is 20.4 Å². The van der Waals surface area contributed by atoms with Gasteiger partial charge in [0.2, 0.25) is 0 Å². The van der Waals surface area contributed by atoms with Gasteiger partial charge >= 0.3 is 0 Å². The zero-order valence-electron chi connectivity index (χ0n) is 22.5. The van der Waals surface area contributed by atoms with Crippen LogP contribution in [0.15, 0.2) is 11.6 Å². The molecule has 4 nitrogen and oxygen atoms in total. The minimum atomic E-state index is -0.567. The second-order valence-corrected chi connectivity index (χ2v) is 15.0. The molecule has 0 saturated heterocycles. The molecule has 0 heterocycles. The first-order valence-electron chi connectivity index (χ1n) is 14.0. The van der Waals surface area contributed by atoms with E-state index in [-0.39, 0.29) is 52.3 Å². The molecule has 4 heteroatoms. The zero-order chi connectivity index (χ0) is 24.9. The van der Waals surface area contributed by atoms with Crippen molar-refractivity contribution in [3.63, 3.8) is 0 Å². The summed E-state index contributed by atoms with van der Waals surface area (Å²) in [4.78, 5) is 0. The monoisotopic (exact) mass is 474 g/mol. The van der Waals surface area contributed by atoms with Crippen molar-refractivity contribution >= 4 is 0 Å². The van der Waals surface area contributed by atoms with Gasteiger partial charge in [0.05, 0.1) is 18.8 Å². The smallest absolute Gasteiger partial charge is 0.0622 e. The van der Waals surface area contributed by atoms with E-state index in [2.05, 4.69) is 40.7 Å². The third kappa shape index (κ3) is 2.92. The minimum absolute atomic E-state index is 0.00672. The van der Waals surface area contributed by atoms with Crippen LogP contribution in [0.2, 0.25) is 0 Å². The molecule has 0 bridgehead atoms. The Morgan fingerprint density at radius 3 is 2.15 bits per heavy atom. The predicted octanol–water partition coefficient (Wildman–Crippen LogP) is 5.08. The second kappa shape index (κ2) is 7.55. The Hall–Kier alpha value is -0.420. The number of aliphatic hydroxyl groups excluding tert-OH is 4. The summed E-state index contributed by atoms with van der Waals surface area (Å²) in [6.07, 6.45) is 10.6. The lowest BCUT2D eigenvalue weighted by Gasteiger charge is -2.71. The maximum atomic E-state index is 11.0. The first-order valence-corrected chi connectivity index (χ1v) is 14.0. The Balaban J connectivity index is 1.58. The number of rotatable bonds is 2. The molecule has 194 valence electrons. The first kappa shape index (κ1) is 25.2. The number of hydrogen-bond acceptors (Lipinski definition) is 4. The molecule has 0 aliphatic heterocycles. The van der Waals surface area contributed by atoms with Gasteiger partial charge in [0, 0.05) is 17.4 Å². The third-order valence-electron chi connectivity index (χ3n) is 13.5. The van der Waals surface area contributed by atoms with Crippen molar-refractivity contribution in [3.8, 4) is 0 Å². The number of allylic oxidation sites excluding steroid dienone is 2. The molecule has 5 rings (SSSR count). The van der Waals surface area contributed by atoms with Crippen LogP contribution >= 0.6 is 0 Å². The first-order chi connectivity index (χ1) is 15.7. The fraction of sp³-hybridized carbons (Fsp3) is 0.933. The summed E-state index contributed by atoms with van der Waals surface area (Å²) in [7, 11) is 0. The maximum absolute atomic E-state index is 11.0. The summed E-state index contributed by atoms with van der Waals surface area (Å²) < 4.78 is 0. The lowest BCUT2D eigenvalue weighted by molar-refractivity contribution is -0.209. The zero-order valence-corrected chi connectivity index (χ0v) is 22.5. The van der Waals surface area contributed by atoms with E-state index in [0.717, 1.165) is 38.5 Å². The van der Waals surface area contributed by atoms with Gasteiger partial charge in [-0.05, 0) is 97.2 Å². The van der Waals surface area contributed by atoms with Crippen LogP contribution in [0.3, 0.4) is 0 Å². The molecular formula is C30H50O4. The fourth-order valence-electron chi connectivity index (χ4n) is 10.7. The Morgan fingerprint density at radius 2 is 1.50 bits per heavy atom. The molecule has 0 aromatic heterocycles. The van der Waals surface area contributed by atoms with Crippen LogP contribution in [-0.2, 0) is 0 Å². The van der Waals surface area contributed by atoms with Gasteiger partial charge in [0.1, 0.15) is 0 Å². The molecule has 5 aliphatic rings. The van der Waals surface area contributed by atoms with Crippen LogP contribution in [-0.4, -0.2) is 45.8 Å². The van der Waals surface area contributed by atoms with Crippen LogP contribution in [0.4, 0.5) is 0 Å². The maximum Gasteiger partial charge on any atom is 0.0622 e. The molecule has 10 unspecified atom stereocenters. The molecule has 0 spiro atoms. The molecule has 4 fully saturated rings. The Morgan fingerprint density at radius 1 is 0.794 bits per heavy atom. The van der Waals surface area contributed by atoms with E-state index >= 15 is 0 Å². The molecule has 4 saturated carbocycles. The highest BCUT2D eigenvalue weighted by molar-refractivity contribution is 5.34. The Labute approximate surface area is 207 Å². The van der Waals surface area contributed by atoms with Gasteiger partial charge in [-0.1, -0.05) is 53.2 Å². The Bertz CT molecular complexity index is 866. The topological polar surface area (TPSA) is 80.9 Å². The summed E-state index contributed by atoms with van der Waals surface area (Å²) in [5.74, 6) is 1.37. The summed E-state index contributed by atoms with van der Waals surface area (Å²) in [5, 5.41) is 42.8. The van der Waals surface area contributed by atoms with Crippen molar-refractivity contribution in [3.05, 3.63) is 11.6 Å². The van der Waals surface area contributed by atoms with Gasteiger partial charge < -0.3 is 20.4 Å². The lowest BCUT2D eigenvalue weighted by Crippen LogP contribution is -2.65. The summed E-state index contributed by atoms with van der Waals surface area (Å²) in [6, 6.07) is 0. The molecule has 0 aromatic rings. The van der Waals surface area contributed by atoms with Crippen LogP contribution < -0.4 is 0 Å². The predicted molar refractivity (Wildman–Crippen MR) is 135 cm³/mol. The van der Waals surface area contributed by atoms with E-state index < -0.39 is 11.5 Å². The van der Waals surface area contributed by atoms with Crippen LogP contribution in [0.1, 0.15) is 99.3 Å². The average Bonchev–Trinajstić information content (AvgIpc) is 2.78. The normalized spacial score (nSPS) is 56.4. The molecular weight excluding hydrogens is 424 g/mol. The van der Waals surface area contributed by atoms with Crippen molar-refractivity contribution in [2.24, 2.45) is 50.2 Å². The fourth-order valence-corrected chi connectivity index (χ4v) is 10.7. The molecule has 10 atom stereocenters. The van der Waals surface area contributed by atoms with E-state index in [1.165, 1.54) is 18.4 Å². The van der Waals surface area contributed by atoms with Gasteiger partial charge in [-0.2, -0.15) is 0 Å². The van der Waals surface area contributed by atoms with Crippen molar-refractivity contribution in [1.82, 2.24) is 0 Å². The average molecular weight is 475 g/mol. The SMILES string of the molecule is CC1(CO)CC2C3=CCC4C5(C)CCC(O)C(C)(C)C5CCC4(C)C3(C)CCC2(CO)CC1O. The van der Waals surface area contributed by atoms with Crippen LogP contribution in [0.25, 0.3) is 0 Å². The van der Waals surface area contributed by atoms with E-state index in [4.69, 9.17) is 0 Å². The summed E-state index contributed by atoms with van der Waals surface area (Å²) >= 11 is 0. The molecule has 5 aliphatic carbocycles. The van der Waals surface area contributed by atoms with Gasteiger partial charge in [0.15, 0.2) is 0 Å². The Kier molecular flexibility index (Phi) is 5.61. The molecule has 0 radical (unpaired) electrons. The van der Waals surface area contributed by atoms with Crippen LogP contribution in [0.5, 0.6) is 0 Å². The van der Waals surface area contributed by atoms with E-state index in [0.29, 0.717) is 18.3 Å². The summed E-state index contributed by atoms with van der Waals surface area (Å²) in [6.45, 7) is 14.4. The van der Waals surface area contributed by atoms with Crippen LogP contribution in [0, 0.1) is 50.2 Å². The van der Waals surface area contributed by atoms with Crippen molar-refractivity contribution in [2.45, 2.75) is 112 Å².